The number of carbonyl (C=O) groups is 1. The third kappa shape index (κ3) is 3.32. The monoisotopic (exact) mass is 264 g/mol. The van der Waals surface area contributed by atoms with Crippen molar-refractivity contribution in [1.29, 1.82) is 0 Å². The Morgan fingerprint density at radius 3 is 2.84 bits per heavy atom. The number of carbonyl (C=O) groups excluding carboxylic acids is 1. The standard InChI is InChI=1S/C15H21FN2O/c1-10-12(16)7-5-9-14(10)18-15(19)11-6-3-2-4-8-13(11)17/h5,7,9,11,13H,2-4,6,8,17H2,1H3,(H,18,19). The molecule has 104 valence electrons. The van der Waals surface area contributed by atoms with E-state index < -0.39 is 0 Å². The lowest BCUT2D eigenvalue weighted by Gasteiger charge is -2.21. The van der Waals surface area contributed by atoms with Crippen molar-refractivity contribution in [2.24, 2.45) is 11.7 Å². The van der Waals surface area contributed by atoms with Crippen molar-refractivity contribution in [2.45, 2.75) is 45.1 Å². The molecule has 0 heterocycles. The predicted molar refractivity (Wildman–Crippen MR) is 74.3 cm³/mol. The Morgan fingerprint density at radius 2 is 2.05 bits per heavy atom. The van der Waals surface area contributed by atoms with E-state index in [-0.39, 0.29) is 23.7 Å². The molecule has 2 atom stereocenters. The first-order valence-corrected chi connectivity index (χ1v) is 6.91. The van der Waals surface area contributed by atoms with Crippen LogP contribution in [0.25, 0.3) is 0 Å². The zero-order valence-corrected chi connectivity index (χ0v) is 11.3. The number of benzene rings is 1. The third-order valence-electron chi connectivity index (χ3n) is 3.93. The van der Waals surface area contributed by atoms with E-state index in [1.54, 1.807) is 19.1 Å². The molecule has 0 saturated heterocycles. The highest BCUT2D eigenvalue weighted by atomic mass is 19.1. The third-order valence-corrected chi connectivity index (χ3v) is 3.93. The largest absolute Gasteiger partial charge is 0.327 e. The quantitative estimate of drug-likeness (QED) is 0.807. The average molecular weight is 264 g/mol. The number of halogens is 1. The van der Waals surface area contributed by atoms with Gasteiger partial charge in [0.15, 0.2) is 0 Å². The fraction of sp³-hybridized carbons (Fsp3) is 0.533. The summed E-state index contributed by atoms with van der Waals surface area (Å²) in [7, 11) is 0. The minimum Gasteiger partial charge on any atom is -0.327 e. The summed E-state index contributed by atoms with van der Waals surface area (Å²) in [4.78, 5) is 12.3. The molecule has 1 amide bonds. The topological polar surface area (TPSA) is 55.1 Å². The summed E-state index contributed by atoms with van der Waals surface area (Å²) in [5.41, 5.74) is 7.08. The molecule has 3 nitrogen and oxygen atoms in total. The second-order valence-electron chi connectivity index (χ2n) is 5.31. The van der Waals surface area contributed by atoms with Crippen molar-refractivity contribution in [2.75, 3.05) is 5.32 Å². The zero-order valence-electron chi connectivity index (χ0n) is 11.3. The van der Waals surface area contributed by atoms with E-state index in [4.69, 9.17) is 5.73 Å². The van der Waals surface area contributed by atoms with Gasteiger partial charge in [0, 0.05) is 17.3 Å². The van der Waals surface area contributed by atoms with Crippen molar-refractivity contribution in [3.8, 4) is 0 Å². The van der Waals surface area contributed by atoms with E-state index in [0.29, 0.717) is 11.3 Å². The second-order valence-corrected chi connectivity index (χ2v) is 5.31. The van der Waals surface area contributed by atoms with Gasteiger partial charge in [0.05, 0.1) is 5.92 Å². The molecule has 2 unspecified atom stereocenters. The van der Waals surface area contributed by atoms with Gasteiger partial charge in [0.25, 0.3) is 0 Å². The number of nitrogens with two attached hydrogens (primary N) is 1. The second kappa shape index (κ2) is 6.15. The van der Waals surface area contributed by atoms with E-state index in [9.17, 15) is 9.18 Å². The van der Waals surface area contributed by atoms with Crippen LogP contribution >= 0.6 is 0 Å². The van der Waals surface area contributed by atoms with Gasteiger partial charge in [-0.25, -0.2) is 4.39 Å². The van der Waals surface area contributed by atoms with Gasteiger partial charge < -0.3 is 11.1 Å². The van der Waals surface area contributed by atoms with Crippen LogP contribution in [0, 0.1) is 18.7 Å². The lowest BCUT2D eigenvalue weighted by Crippen LogP contribution is -2.37. The van der Waals surface area contributed by atoms with Crippen LogP contribution in [0.5, 0.6) is 0 Å². The lowest BCUT2D eigenvalue weighted by atomic mass is 9.94. The molecule has 3 N–H and O–H groups in total. The van der Waals surface area contributed by atoms with Crippen molar-refractivity contribution in [3.05, 3.63) is 29.6 Å². The molecule has 0 aliphatic heterocycles. The van der Waals surface area contributed by atoms with Crippen molar-refractivity contribution < 1.29 is 9.18 Å². The first kappa shape index (κ1) is 14.0. The number of rotatable bonds is 2. The first-order valence-electron chi connectivity index (χ1n) is 6.91. The van der Waals surface area contributed by atoms with Crippen LogP contribution in [0.15, 0.2) is 18.2 Å². The molecule has 1 aromatic carbocycles. The van der Waals surface area contributed by atoms with E-state index >= 15 is 0 Å². The van der Waals surface area contributed by atoms with Gasteiger partial charge in [0.1, 0.15) is 5.82 Å². The Kier molecular flexibility index (Phi) is 4.53. The maximum absolute atomic E-state index is 13.4. The van der Waals surface area contributed by atoms with Crippen LogP contribution in [-0.4, -0.2) is 11.9 Å². The molecule has 1 aliphatic carbocycles. The van der Waals surface area contributed by atoms with Crippen LogP contribution in [0.3, 0.4) is 0 Å². The van der Waals surface area contributed by atoms with E-state index in [0.717, 1.165) is 32.1 Å². The summed E-state index contributed by atoms with van der Waals surface area (Å²) in [6.07, 6.45) is 4.97. The molecular weight excluding hydrogens is 243 g/mol. The van der Waals surface area contributed by atoms with Gasteiger partial charge >= 0.3 is 0 Å². The fourth-order valence-electron chi connectivity index (χ4n) is 2.63. The highest BCUT2D eigenvalue weighted by Crippen LogP contribution is 2.25. The van der Waals surface area contributed by atoms with Gasteiger partial charge in [-0.2, -0.15) is 0 Å². The summed E-state index contributed by atoms with van der Waals surface area (Å²) < 4.78 is 13.4. The van der Waals surface area contributed by atoms with Gasteiger partial charge in [-0.3, -0.25) is 4.79 Å². The smallest absolute Gasteiger partial charge is 0.229 e. The van der Waals surface area contributed by atoms with Crippen LogP contribution in [0.2, 0.25) is 0 Å². The van der Waals surface area contributed by atoms with Crippen LogP contribution in [-0.2, 0) is 4.79 Å². The Morgan fingerprint density at radius 1 is 1.32 bits per heavy atom. The maximum Gasteiger partial charge on any atom is 0.229 e. The molecule has 1 fully saturated rings. The van der Waals surface area contributed by atoms with Crippen LogP contribution < -0.4 is 11.1 Å². The summed E-state index contributed by atoms with van der Waals surface area (Å²) in [5.74, 6) is -0.545. The number of hydrogen-bond acceptors (Lipinski definition) is 2. The molecule has 4 heteroatoms. The molecule has 0 radical (unpaired) electrons. The number of nitrogens with one attached hydrogen (secondary N) is 1. The zero-order chi connectivity index (χ0) is 13.8. The van der Waals surface area contributed by atoms with Crippen molar-refractivity contribution in [1.82, 2.24) is 0 Å². The fourth-order valence-corrected chi connectivity index (χ4v) is 2.63. The summed E-state index contributed by atoms with van der Waals surface area (Å²) >= 11 is 0. The molecule has 0 aromatic heterocycles. The molecule has 0 bridgehead atoms. The van der Waals surface area contributed by atoms with E-state index in [1.807, 2.05) is 0 Å². The minimum atomic E-state index is -0.303. The first-order chi connectivity index (χ1) is 9.09. The molecule has 0 spiro atoms. The van der Waals surface area contributed by atoms with Gasteiger partial charge in [-0.1, -0.05) is 25.3 Å². The van der Waals surface area contributed by atoms with Gasteiger partial charge in [-0.05, 0) is 31.9 Å². The highest BCUT2D eigenvalue weighted by Gasteiger charge is 2.27. The van der Waals surface area contributed by atoms with Crippen molar-refractivity contribution >= 4 is 11.6 Å². The molecule has 1 aliphatic rings. The Balaban J connectivity index is 2.09. The van der Waals surface area contributed by atoms with Crippen LogP contribution in [0.1, 0.15) is 37.7 Å². The maximum atomic E-state index is 13.4. The predicted octanol–water partition coefficient (Wildman–Crippen LogP) is 2.98. The Bertz CT molecular complexity index is 461. The molecule has 19 heavy (non-hydrogen) atoms. The minimum absolute atomic E-state index is 0.0805. The molecule has 1 saturated carbocycles. The average Bonchev–Trinajstić information content (AvgIpc) is 2.59. The summed E-state index contributed by atoms with van der Waals surface area (Å²) in [6.45, 7) is 1.66. The van der Waals surface area contributed by atoms with Gasteiger partial charge in [-0.15, -0.1) is 0 Å². The number of anilines is 1. The molecular formula is C15H21FN2O. The van der Waals surface area contributed by atoms with Crippen molar-refractivity contribution in [3.63, 3.8) is 0 Å². The number of amides is 1. The van der Waals surface area contributed by atoms with Crippen LogP contribution in [0.4, 0.5) is 10.1 Å². The van der Waals surface area contributed by atoms with E-state index in [1.165, 1.54) is 6.07 Å². The summed E-state index contributed by atoms with van der Waals surface area (Å²) in [6, 6.07) is 4.63. The SMILES string of the molecule is Cc1c(F)cccc1NC(=O)C1CCCCCC1N. The Labute approximate surface area is 113 Å². The molecule has 1 aromatic rings. The Hall–Kier alpha value is -1.42. The lowest BCUT2D eigenvalue weighted by molar-refractivity contribution is -0.120. The summed E-state index contributed by atoms with van der Waals surface area (Å²) in [5, 5.41) is 2.82. The number of hydrogen-bond donors (Lipinski definition) is 2. The highest BCUT2D eigenvalue weighted by molar-refractivity contribution is 5.93. The van der Waals surface area contributed by atoms with E-state index in [2.05, 4.69) is 5.32 Å². The normalized spacial score (nSPS) is 23.7. The van der Waals surface area contributed by atoms with Gasteiger partial charge in [0.2, 0.25) is 5.91 Å². The molecule has 2 rings (SSSR count).